The van der Waals surface area contributed by atoms with Crippen molar-refractivity contribution < 1.29 is 27.9 Å². The van der Waals surface area contributed by atoms with Crippen molar-refractivity contribution >= 4 is 21.9 Å². The summed E-state index contributed by atoms with van der Waals surface area (Å²) >= 11 is 0. The Morgan fingerprint density at radius 3 is 2.77 bits per heavy atom. The number of benzene rings is 1. The maximum atomic E-state index is 13.0. The molecule has 0 aliphatic carbocycles. The summed E-state index contributed by atoms with van der Waals surface area (Å²) < 4.78 is 32.0. The molecule has 26 heavy (non-hydrogen) atoms. The monoisotopic (exact) mass is 384 g/mol. The number of hydrogen-bond acceptors (Lipinski definition) is 5. The molecular weight excluding hydrogens is 360 g/mol. The van der Waals surface area contributed by atoms with Gasteiger partial charge in [-0.2, -0.15) is 4.31 Å². The van der Waals surface area contributed by atoms with Gasteiger partial charge in [0.05, 0.1) is 17.4 Å². The van der Waals surface area contributed by atoms with E-state index in [0.717, 1.165) is 0 Å². The molecule has 8 nitrogen and oxygen atoms in total. The van der Waals surface area contributed by atoms with Gasteiger partial charge in [-0.05, 0) is 38.0 Å². The number of carbonyl (C=O) groups is 2. The lowest BCUT2D eigenvalue weighted by Gasteiger charge is -2.36. The van der Waals surface area contributed by atoms with Gasteiger partial charge in [-0.25, -0.2) is 8.42 Å². The molecule has 144 valence electrons. The van der Waals surface area contributed by atoms with Crippen LogP contribution in [0.3, 0.4) is 0 Å². The van der Waals surface area contributed by atoms with Gasteiger partial charge in [0, 0.05) is 31.8 Å². The maximum Gasteiger partial charge on any atom is 0.308 e. The highest BCUT2D eigenvalue weighted by molar-refractivity contribution is 7.89. The van der Waals surface area contributed by atoms with E-state index < -0.39 is 33.9 Å². The van der Waals surface area contributed by atoms with Crippen LogP contribution in [0.15, 0.2) is 29.2 Å². The third-order valence-corrected chi connectivity index (χ3v) is 6.52. The van der Waals surface area contributed by atoms with Gasteiger partial charge in [0.15, 0.2) is 0 Å². The molecule has 0 radical (unpaired) electrons. The van der Waals surface area contributed by atoms with Crippen molar-refractivity contribution in [2.75, 3.05) is 26.8 Å². The molecule has 1 amide bonds. The SMILES string of the molecule is COCCNC(=O)c1cccc(S(=O)(=O)N2CCC[C@H](C(=O)O)[C@@H]2C)c1. The lowest BCUT2D eigenvalue weighted by molar-refractivity contribution is -0.144. The van der Waals surface area contributed by atoms with Crippen LogP contribution in [0.25, 0.3) is 0 Å². The molecule has 1 aromatic rings. The van der Waals surface area contributed by atoms with Crippen LogP contribution in [0.4, 0.5) is 0 Å². The normalized spacial score (nSPS) is 21.3. The van der Waals surface area contributed by atoms with Crippen LogP contribution in [-0.2, 0) is 19.6 Å². The molecule has 1 aromatic carbocycles. The summed E-state index contributed by atoms with van der Waals surface area (Å²) in [7, 11) is -2.38. The number of carbonyl (C=O) groups excluding carboxylic acids is 1. The van der Waals surface area contributed by atoms with Gasteiger partial charge < -0.3 is 15.2 Å². The zero-order chi connectivity index (χ0) is 19.3. The van der Waals surface area contributed by atoms with Gasteiger partial charge in [0.25, 0.3) is 5.91 Å². The number of carboxylic acid groups (broad SMARTS) is 1. The van der Waals surface area contributed by atoms with E-state index in [9.17, 15) is 23.1 Å². The second-order valence-electron chi connectivity index (χ2n) is 6.22. The predicted octanol–water partition coefficient (Wildman–Crippen LogP) is 0.937. The first-order chi connectivity index (χ1) is 12.3. The summed E-state index contributed by atoms with van der Waals surface area (Å²) in [5, 5.41) is 11.9. The number of nitrogens with zero attached hydrogens (tertiary/aromatic N) is 1. The number of ether oxygens (including phenoxy) is 1. The van der Waals surface area contributed by atoms with Crippen LogP contribution in [0.2, 0.25) is 0 Å². The maximum absolute atomic E-state index is 13.0. The Bertz CT molecular complexity index is 764. The fourth-order valence-corrected chi connectivity index (χ4v) is 4.83. The smallest absolute Gasteiger partial charge is 0.308 e. The molecule has 1 heterocycles. The van der Waals surface area contributed by atoms with E-state index in [2.05, 4.69) is 5.32 Å². The summed E-state index contributed by atoms with van der Waals surface area (Å²) in [6.45, 7) is 2.54. The highest BCUT2D eigenvalue weighted by atomic mass is 32.2. The minimum absolute atomic E-state index is 0.0187. The second-order valence-corrected chi connectivity index (χ2v) is 8.11. The van der Waals surface area contributed by atoms with E-state index in [4.69, 9.17) is 4.74 Å². The number of carboxylic acids is 1. The first kappa shape index (κ1) is 20.3. The molecular formula is C17H24N2O6S. The van der Waals surface area contributed by atoms with E-state index in [0.29, 0.717) is 26.0 Å². The number of nitrogens with one attached hydrogen (secondary N) is 1. The number of aliphatic carboxylic acids is 1. The Balaban J connectivity index is 2.25. The molecule has 0 bridgehead atoms. The molecule has 0 saturated carbocycles. The second kappa shape index (κ2) is 8.61. The van der Waals surface area contributed by atoms with Crippen molar-refractivity contribution in [3.05, 3.63) is 29.8 Å². The third kappa shape index (κ3) is 4.40. The standard InChI is InChI=1S/C17H24N2O6S/c1-12-15(17(21)22)7-4-9-19(12)26(23,24)14-6-3-5-13(11-14)16(20)18-8-10-25-2/h3,5-6,11-12,15H,4,7-10H2,1-2H3,(H,18,20)(H,21,22)/t12-,15-/m0/s1. The summed E-state index contributed by atoms with van der Waals surface area (Å²) in [5.41, 5.74) is 0.224. The number of hydrogen-bond donors (Lipinski definition) is 2. The highest BCUT2D eigenvalue weighted by Crippen LogP contribution is 2.29. The van der Waals surface area contributed by atoms with Crippen LogP contribution >= 0.6 is 0 Å². The third-order valence-electron chi connectivity index (χ3n) is 4.54. The van der Waals surface area contributed by atoms with E-state index in [-0.39, 0.29) is 17.0 Å². The van der Waals surface area contributed by atoms with Crippen molar-refractivity contribution in [1.29, 1.82) is 0 Å². The fourth-order valence-electron chi connectivity index (χ4n) is 3.08. The van der Waals surface area contributed by atoms with Crippen LogP contribution in [0.1, 0.15) is 30.1 Å². The van der Waals surface area contributed by atoms with E-state index in [1.807, 2.05) is 0 Å². The Kier molecular flexibility index (Phi) is 6.74. The van der Waals surface area contributed by atoms with Crippen molar-refractivity contribution in [2.24, 2.45) is 5.92 Å². The first-order valence-electron chi connectivity index (χ1n) is 8.41. The quantitative estimate of drug-likeness (QED) is 0.677. The van der Waals surface area contributed by atoms with Gasteiger partial charge in [0.2, 0.25) is 10.0 Å². The summed E-state index contributed by atoms with van der Waals surface area (Å²) in [5.74, 6) is -2.13. The molecule has 0 aromatic heterocycles. The molecule has 0 unspecified atom stereocenters. The van der Waals surface area contributed by atoms with Crippen LogP contribution in [-0.4, -0.2) is 62.6 Å². The lowest BCUT2D eigenvalue weighted by atomic mass is 9.92. The van der Waals surface area contributed by atoms with Gasteiger partial charge >= 0.3 is 5.97 Å². The molecule has 0 spiro atoms. The van der Waals surface area contributed by atoms with Crippen molar-refractivity contribution in [1.82, 2.24) is 9.62 Å². The minimum atomic E-state index is -3.89. The zero-order valence-corrected chi connectivity index (χ0v) is 15.7. The molecule has 9 heteroatoms. The number of piperidine rings is 1. The average molecular weight is 384 g/mol. The van der Waals surface area contributed by atoms with Gasteiger partial charge in [0.1, 0.15) is 0 Å². The first-order valence-corrected chi connectivity index (χ1v) is 9.85. The van der Waals surface area contributed by atoms with Gasteiger partial charge in [-0.1, -0.05) is 6.07 Å². The summed E-state index contributed by atoms with van der Waals surface area (Å²) in [6, 6.07) is 5.11. The fraction of sp³-hybridized carbons (Fsp3) is 0.529. The topological polar surface area (TPSA) is 113 Å². The number of methoxy groups -OCH3 is 1. The minimum Gasteiger partial charge on any atom is -0.481 e. The van der Waals surface area contributed by atoms with Crippen molar-refractivity contribution in [3.63, 3.8) is 0 Å². The molecule has 1 aliphatic rings. The largest absolute Gasteiger partial charge is 0.481 e. The Hall–Kier alpha value is -1.97. The van der Waals surface area contributed by atoms with Gasteiger partial charge in [-0.15, -0.1) is 0 Å². The van der Waals surface area contributed by atoms with Crippen molar-refractivity contribution in [3.8, 4) is 0 Å². The molecule has 1 fully saturated rings. The zero-order valence-electron chi connectivity index (χ0n) is 14.8. The Morgan fingerprint density at radius 2 is 2.12 bits per heavy atom. The number of sulfonamides is 1. The lowest BCUT2D eigenvalue weighted by Crippen LogP contribution is -2.49. The van der Waals surface area contributed by atoms with Crippen molar-refractivity contribution in [2.45, 2.75) is 30.7 Å². The molecule has 2 N–H and O–H groups in total. The Morgan fingerprint density at radius 1 is 1.38 bits per heavy atom. The van der Waals surface area contributed by atoms with Gasteiger partial charge in [-0.3, -0.25) is 9.59 Å². The number of amides is 1. The predicted molar refractivity (Wildman–Crippen MR) is 94.4 cm³/mol. The molecule has 1 saturated heterocycles. The van der Waals surface area contributed by atoms with Crippen LogP contribution < -0.4 is 5.32 Å². The Labute approximate surface area is 153 Å². The highest BCUT2D eigenvalue weighted by Gasteiger charge is 2.39. The van der Waals surface area contributed by atoms with E-state index in [1.165, 1.54) is 35.7 Å². The average Bonchev–Trinajstić information content (AvgIpc) is 2.61. The summed E-state index contributed by atoms with van der Waals surface area (Å²) in [6.07, 6.45) is 0.933. The molecule has 2 atom stereocenters. The molecule has 2 rings (SSSR count). The van der Waals surface area contributed by atoms with E-state index in [1.54, 1.807) is 6.92 Å². The van der Waals surface area contributed by atoms with E-state index >= 15 is 0 Å². The summed E-state index contributed by atoms with van der Waals surface area (Å²) in [4.78, 5) is 23.5. The van der Waals surface area contributed by atoms with Crippen LogP contribution in [0, 0.1) is 5.92 Å². The molecule has 1 aliphatic heterocycles. The van der Waals surface area contributed by atoms with Crippen LogP contribution in [0.5, 0.6) is 0 Å². The number of rotatable bonds is 7.